The number of amides is 1. The molecule has 0 radical (unpaired) electrons. The Morgan fingerprint density at radius 3 is 1.39 bits per heavy atom. The zero-order chi connectivity index (χ0) is 41.7. The Labute approximate surface area is 353 Å². The normalized spacial score (nSPS) is 12.8. The molecule has 0 aromatic heterocycles. The number of hydrogen-bond acceptors (Lipinski definition) is 5. The number of unbranched alkanes of at least 4 members (excludes halogenated alkanes) is 27. The lowest BCUT2D eigenvalue weighted by atomic mass is 10.0. The lowest BCUT2D eigenvalue weighted by Gasteiger charge is -2.18. The van der Waals surface area contributed by atoms with Crippen LogP contribution in [0.2, 0.25) is 0 Å². The van der Waals surface area contributed by atoms with Crippen LogP contribution in [-0.2, 0) is 19.1 Å². The minimum atomic E-state index is -1.00. The van der Waals surface area contributed by atoms with Crippen LogP contribution in [0.1, 0.15) is 258 Å². The zero-order valence-corrected chi connectivity index (χ0v) is 37.7. The van der Waals surface area contributed by atoms with Crippen molar-refractivity contribution >= 4 is 17.8 Å². The SMILES string of the molecule is CCCCC/C=C\C/C=C\CCCCCCCCCC(=O)OC(CCCCCCCCCCCCCCCC)CCCCCCCC(=O)NC(CCCN)C(=O)O. The average molecular weight is 803 g/mol. The van der Waals surface area contributed by atoms with Gasteiger partial charge in [0.05, 0.1) is 0 Å². The molecule has 4 N–H and O–H groups in total. The molecule has 0 aromatic carbocycles. The maximum absolute atomic E-state index is 12.9. The third kappa shape index (κ3) is 41.8. The molecule has 2 unspecified atom stereocenters. The van der Waals surface area contributed by atoms with Crippen LogP contribution in [0, 0.1) is 0 Å². The standard InChI is InChI=1S/C50H94N2O5/c1-3-5-7-9-11-13-15-17-19-20-21-23-25-27-29-34-38-44-49(54)57-46(40-35-31-28-26-24-22-18-16-14-12-10-8-6-4-2)41-36-32-30-33-37-43-48(53)52-47(50(55)56)42-39-45-51/h11,13,17,19,46-47H,3-10,12,14-16,18,20-45,51H2,1-2H3,(H,52,53)(H,55,56)/b13-11-,19-17-. The highest BCUT2D eigenvalue weighted by molar-refractivity contribution is 5.83. The highest BCUT2D eigenvalue weighted by Gasteiger charge is 2.19. The fourth-order valence-corrected chi connectivity index (χ4v) is 7.54. The van der Waals surface area contributed by atoms with Gasteiger partial charge in [0.2, 0.25) is 5.91 Å². The molecule has 0 spiro atoms. The van der Waals surface area contributed by atoms with Crippen molar-refractivity contribution in [1.29, 1.82) is 0 Å². The Morgan fingerprint density at radius 2 is 0.912 bits per heavy atom. The molecule has 57 heavy (non-hydrogen) atoms. The van der Waals surface area contributed by atoms with Crippen molar-refractivity contribution < 1.29 is 24.2 Å². The summed E-state index contributed by atoms with van der Waals surface area (Å²) < 4.78 is 6.08. The minimum Gasteiger partial charge on any atom is -0.480 e. The lowest BCUT2D eigenvalue weighted by molar-refractivity contribution is -0.150. The summed E-state index contributed by atoms with van der Waals surface area (Å²) in [4.78, 5) is 36.5. The van der Waals surface area contributed by atoms with Gasteiger partial charge in [-0.3, -0.25) is 9.59 Å². The summed E-state index contributed by atoms with van der Waals surface area (Å²) in [6.45, 7) is 4.94. The number of carboxylic acid groups (broad SMARTS) is 1. The van der Waals surface area contributed by atoms with Gasteiger partial charge in [-0.05, 0) is 90.0 Å². The number of hydrogen-bond donors (Lipinski definition) is 3. The van der Waals surface area contributed by atoms with Gasteiger partial charge >= 0.3 is 11.9 Å². The van der Waals surface area contributed by atoms with Crippen molar-refractivity contribution in [2.24, 2.45) is 5.73 Å². The second-order valence-electron chi connectivity index (χ2n) is 16.9. The summed E-state index contributed by atoms with van der Waals surface area (Å²) in [5.41, 5.74) is 5.50. The fourth-order valence-electron chi connectivity index (χ4n) is 7.54. The van der Waals surface area contributed by atoms with E-state index in [0.29, 0.717) is 32.2 Å². The fraction of sp³-hybridized carbons (Fsp3) is 0.860. The largest absolute Gasteiger partial charge is 0.480 e. The molecule has 0 heterocycles. The van der Waals surface area contributed by atoms with Gasteiger partial charge < -0.3 is 20.9 Å². The van der Waals surface area contributed by atoms with E-state index in [1.165, 1.54) is 148 Å². The molecule has 0 aliphatic carbocycles. The number of allylic oxidation sites excluding steroid dienone is 4. The van der Waals surface area contributed by atoms with Crippen LogP contribution < -0.4 is 11.1 Å². The molecule has 0 fully saturated rings. The first-order valence-corrected chi connectivity index (χ1v) is 24.7. The second-order valence-corrected chi connectivity index (χ2v) is 16.9. The van der Waals surface area contributed by atoms with E-state index >= 15 is 0 Å². The van der Waals surface area contributed by atoms with Gasteiger partial charge in [-0.25, -0.2) is 4.79 Å². The number of ether oxygens (including phenoxy) is 1. The minimum absolute atomic E-state index is 0.0120. The van der Waals surface area contributed by atoms with E-state index in [2.05, 4.69) is 43.5 Å². The number of rotatable bonds is 45. The molecule has 0 saturated heterocycles. The van der Waals surface area contributed by atoms with Crippen molar-refractivity contribution in [3.05, 3.63) is 24.3 Å². The molecule has 7 nitrogen and oxygen atoms in total. The predicted molar refractivity (Wildman–Crippen MR) is 244 cm³/mol. The van der Waals surface area contributed by atoms with Crippen LogP contribution in [0.4, 0.5) is 0 Å². The number of nitrogens with one attached hydrogen (secondary N) is 1. The van der Waals surface area contributed by atoms with Crippen LogP contribution in [0.15, 0.2) is 24.3 Å². The molecular formula is C50H94N2O5. The maximum Gasteiger partial charge on any atom is 0.326 e. The van der Waals surface area contributed by atoms with Gasteiger partial charge in [0, 0.05) is 12.8 Å². The van der Waals surface area contributed by atoms with Crippen LogP contribution >= 0.6 is 0 Å². The van der Waals surface area contributed by atoms with Crippen molar-refractivity contribution in [3.63, 3.8) is 0 Å². The van der Waals surface area contributed by atoms with Crippen molar-refractivity contribution in [3.8, 4) is 0 Å². The number of nitrogens with two attached hydrogens (primary N) is 1. The molecule has 334 valence electrons. The third-order valence-electron chi connectivity index (χ3n) is 11.3. The van der Waals surface area contributed by atoms with E-state index in [0.717, 1.165) is 70.6 Å². The smallest absolute Gasteiger partial charge is 0.326 e. The summed E-state index contributed by atoms with van der Waals surface area (Å²) in [7, 11) is 0. The predicted octanol–water partition coefficient (Wildman–Crippen LogP) is 14.4. The van der Waals surface area contributed by atoms with Crippen LogP contribution in [-0.4, -0.2) is 41.6 Å². The molecule has 0 aliphatic heterocycles. The van der Waals surface area contributed by atoms with Crippen LogP contribution in [0.5, 0.6) is 0 Å². The van der Waals surface area contributed by atoms with E-state index in [4.69, 9.17) is 10.5 Å². The van der Waals surface area contributed by atoms with E-state index in [9.17, 15) is 19.5 Å². The van der Waals surface area contributed by atoms with E-state index in [-0.39, 0.29) is 18.0 Å². The van der Waals surface area contributed by atoms with Gasteiger partial charge in [0.25, 0.3) is 0 Å². The summed E-state index contributed by atoms with van der Waals surface area (Å²) in [6, 6.07) is -0.856. The van der Waals surface area contributed by atoms with E-state index < -0.39 is 12.0 Å². The number of carbonyl (C=O) groups excluding carboxylic acids is 2. The number of carboxylic acids is 1. The highest BCUT2D eigenvalue weighted by atomic mass is 16.5. The van der Waals surface area contributed by atoms with Gasteiger partial charge in [-0.1, -0.05) is 186 Å². The van der Waals surface area contributed by atoms with Crippen molar-refractivity contribution in [1.82, 2.24) is 5.32 Å². The highest BCUT2D eigenvalue weighted by Crippen LogP contribution is 2.19. The lowest BCUT2D eigenvalue weighted by Crippen LogP contribution is -2.40. The maximum atomic E-state index is 12.9. The molecule has 0 saturated carbocycles. The Morgan fingerprint density at radius 1 is 0.509 bits per heavy atom. The molecule has 0 aliphatic rings. The Hall–Kier alpha value is -2.15. The molecular weight excluding hydrogens is 709 g/mol. The zero-order valence-electron chi connectivity index (χ0n) is 37.7. The van der Waals surface area contributed by atoms with Gasteiger partial charge in [0.1, 0.15) is 12.1 Å². The molecule has 0 bridgehead atoms. The Bertz CT molecular complexity index is 951. The third-order valence-corrected chi connectivity index (χ3v) is 11.3. The van der Waals surface area contributed by atoms with Gasteiger partial charge in [-0.2, -0.15) is 0 Å². The topological polar surface area (TPSA) is 119 Å². The van der Waals surface area contributed by atoms with Gasteiger partial charge in [0.15, 0.2) is 0 Å². The molecule has 0 aromatic rings. The summed E-state index contributed by atoms with van der Waals surface area (Å²) in [5, 5.41) is 12.0. The first-order chi connectivity index (χ1) is 27.9. The van der Waals surface area contributed by atoms with Crippen molar-refractivity contribution in [2.45, 2.75) is 270 Å². The molecule has 2 atom stereocenters. The Kier molecular flexibility index (Phi) is 43.2. The van der Waals surface area contributed by atoms with Gasteiger partial charge in [-0.15, -0.1) is 0 Å². The molecule has 7 heteroatoms. The second kappa shape index (κ2) is 44.9. The molecule has 0 rings (SSSR count). The first-order valence-electron chi connectivity index (χ1n) is 24.7. The number of aliphatic carboxylic acids is 1. The first kappa shape index (κ1) is 54.9. The quantitative estimate of drug-likeness (QED) is 0.0320. The van der Waals surface area contributed by atoms with Crippen molar-refractivity contribution in [2.75, 3.05) is 6.54 Å². The van der Waals surface area contributed by atoms with Crippen LogP contribution in [0.25, 0.3) is 0 Å². The van der Waals surface area contributed by atoms with Crippen LogP contribution in [0.3, 0.4) is 0 Å². The summed E-state index contributed by atoms with van der Waals surface area (Å²) in [6.07, 6.45) is 52.3. The monoisotopic (exact) mass is 803 g/mol. The summed E-state index contributed by atoms with van der Waals surface area (Å²) in [5.74, 6) is -1.22. The molecule has 1 amide bonds. The van der Waals surface area contributed by atoms with E-state index in [1.807, 2.05) is 0 Å². The Balaban J connectivity index is 4.30. The number of carbonyl (C=O) groups is 3. The summed E-state index contributed by atoms with van der Waals surface area (Å²) >= 11 is 0. The average Bonchev–Trinajstić information content (AvgIpc) is 3.20. The van der Waals surface area contributed by atoms with E-state index in [1.54, 1.807) is 0 Å². The number of esters is 1.